The van der Waals surface area contributed by atoms with Crippen LogP contribution in [0.15, 0.2) is 12.1 Å². The second-order valence-electron chi connectivity index (χ2n) is 6.51. The highest BCUT2D eigenvalue weighted by molar-refractivity contribution is 5.95. The molecule has 2 aromatic rings. The summed E-state index contributed by atoms with van der Waals surface area (Å²) in [5.41, 5.74) is 1.39. The highest BCUT2D eigenvalue weighted by atomic mass is 16.5. The molecule has 0 saturated heterocycles. The third-order valence-electron chi connectivity index (χ3n) is 4.83. The number of hydrogen-bond donors (Lipinski definition) is 1. The lowest BCUT2D eigenvalue weighted by Gasteiger charge is -2.13. The summed E-state index contributed by atoms with van der Waals surface area (Å²) in [5, 5.41) is 11.5. The number of nitrogens with one attached hydrogen (secondary N) is 1. The number of aromatic nitrogens is 3. The van der Waals surface area contributed by atoms with E-state index in [9.17, 15) is 4.79 Å². The third kappa shape index (κ3) is 3.81. The quantitative estimate of drug-likeness (QED) is 0.857. The average Bonchev–Trinajstić information content (AvgIpc) is 2.88. The summed E-state index contributed by atoms with van der Waals surface area (Å²) >= 11 is 0. The zero-order chi connectivity index (χ0) is 18.5. The van der Waals surface area contributed by atoms with Crippen LogP contribution < -0.4 is 14.8 Å². The van der Waals surface area contributed by atoms with E-state index in [-0.39, 0.29) is 5.91 Å². The molecule has 1 aliphatic rings. The van der Waals surface area contributed by atoms with Crippen molar-refractivity contribution in [2.24, 2.45) is 0 Å². The molecule has 3 rings (SSSR count). The summed E-state index contributed by atoms with van der Waals surface area (Å²) in [5.74, 6) is 3.13. The molecule has 140 valence electrons. The number of rotatable bonds is 6. The Kier molecular flexibility index (Phi) is 5.75. The Bertz CT molecular complexity index is 760. The van der Waals surface area contributed by atoms with Crippen molar-refractivity contribution in [1.82, 2.24) is 20.1 Å². The molecule has 1 aromatic heterocycles. The second-order valence-corrected chi connectivity index (χ2v) is 6.51. The number of carbonyl (C=O) groups is 1. The molecule has 1 aliphatic heterocycles. The van der Waals surface area contributed by atoms with Gasteiger partial charge >= 0.3 is 0 Å². The van der Waals surface area contributed by atoms with Crippen molar-refractivity contribution >= 4 is 5.91 Å². The minimum absolute atomic E-state index is 0.155. The fraction of sp³-hybridized carbons (Fsp3) is 0.526. The van der Waals surface area contributed by atoms with Gasteiger partial charge in [0.05, 0.1) is 14.2 Å². The van der Waals surface area contributed by atoms with Gasteiger partial charge in [0, 0.05) is 37.1 Å². The van der Waals surface area contributed by atoms with Gasteiger partial charge in [-0.1, -0.05) is 6.42 Å². The van der Waals surface area contributed by atoms with Gasteiger partial charge in [0.15, 0.2) is 0 Å². The van der Waals surface area contributed by atoms with Crippen LogP contribution in [-0.4, -0.2) is 41.4 Å². The van der Waals surface area contributed by atoms with Gasteiger partial charge in [0.25, 0.3) is 5.91 Å². The highest BCUT2D eigenvalue weighted by Crippen LogP contribution is 2.29. The van der Waals surface area contributed by atoms with E-state index in [1.165, 1.54) is 12.8 Å². The first kappa shape index (κ1) is 18.2. The second kappa shape index (κ2) is 8.21. The maximum Gasteiger partial charge on any atom is 0.251 e. The predicted molar refractivity (Wildman–Crippen MR) is 97.9 cm³/mol. The Morgan fingerprint density at radius 3 is 2.58 bits per heavy atom. The molecule has 0 aliphatic carbocycles. The molecular weight excluding hydrogens is 332 g/mol. The molecule has 0 spiro atoms. The van der Waals surface area contributed by atoms with E-state index in [2.05, 4.69) is 20.1 Å². The standard InChI is InChI=1S/C19H26N4O3/c1-13-15(25-2)11-14(12-16(13)26-3)19(24)20-9-8-18-22-21-17-7-5-4-6-10-23(17)18/h11-12H,4-10H2,1-3H3,(H,20,24). The van der Waals surface area contributed by atoms with Gasteiger partial charge in [0.2, 0.25) is 0 Å². The number of nitrogens with zero attached hydrogens (tertiary/aromatic N) is 3. The van der Waals surface area contributed by atoms with E-state index >= 15 is 0 Å². The maximum atomic E-state index is 12.5. The van der Waals surface area contributed by atoms with Crippen LogP contribution >= 0.6 is 0 Å². The predicted octanol–water partition coefficient (Wildman–Crippen LogP) is 2.30. The normalized spacial score (nSPS) is 13.7. The summed E-state index contributed by atoms with van der Waals surface area (Å²) in [6.45, 7) is 3.38. The van der Waals surface area contributed by atoms with Crippen LogP contribution in [0.1, 0.15) is 46.8 Å². The van der Waals surface area contributed by atoms with Crippen molar-refractivity contribution in [3.63, 3.8) is 0 Å². The van der Waals surface area contributed by atoms with Crippen LogP contribution in [0.2, 0.25) is 0 Å². The van der Waals surface area contributed by atoms with Crippen molar-refractivity contribution in [3.8, 4) is 11.5 Å². The van der Waals surface area contributed by atoms with Crippen LogP contribution in [0.4, 0.5) is 0 Å². The molecule has 1 N–H and O–H groups in total. The SMILES string of the molecule is COc1cc(C(=O)NCCc2nnc3n2CCCCC3)cc(OC)c1C. The molecule has 0 radical (unpaired) electrons. The van der Waals surface area contributed by atoms with Gasteiger partial charge in [-0.25, -0.2) is 0 Å². The van der Waals surface area contributed by atoms with Gasteiger partial charge in [-0.15, -0.1) is 10.2 Å². The van der Waals surface area contributed by atoms with Gasteiger partial charge < -0.3 is 19.4 Å². The highest BCUT2D eigenvalue weighted by Gasteiger charge is 2.16. The van der Waals surface area contributed by atoms with Crippen molar-refractivity contribution in [1.29, 1.82) is 0 Å². The summed E-state index contributed by atoms with van der Waals surface area (Å²) in [6, 6.07) is 3.46. The van der Waals surface area contributed by atoms with Gasteiger partial charge in [-0.3, -0.25) is 4.79 Å². The summed E-state index contributed by atoms with van der Waals surface area (Å²) in [7, 11) is 3.17. The first-order chi connectivity index (χ1) is 12.6. The van der Waals surface area contributed by atoms with Gasteiger partial charge in [-0.2, -0.15) is 0 Å². The molecular formula is C19H26N4O3. The molecule has 1 amide bonds. The van der Waals surface area contributed by atoms with E-state index in [1.54, 1.807) is 26.4 Å². The van der Waals surface area contributed by atoms with Crippen molar-refractivity contribution < 1.29 is 14.3 Å². The molecule has 0 fully saturated rings. The number of ether oxygens (including phenoxy) is 2. The smallest absolute Gasteiger partial charge is 0.251 e. The summed E-state index contributed by atoms with van der Waals surface area (Å²) in [4.78, 5) is 12.5. The minimum atomic E-state index is -0.155. The Hall–Kier alpha value is -2.57. The molecule has 0 atom stereocenters. The van der Waals surface area contributed by atoms with Crippen molar-refractivity contribution in [2.75, 3.05) is 20.8 Å². The molecule has 26 heavy (non-hydrogen) atoms. The Labute approximate surface area is 153 Å². The summed E-state index contributed by atoms with van der Waals surface area (Å²) < 4.78 is 12.9. The van der Waals surface area contributed by atoms with Crippen LogP contribution in [-0.2, 0) is 19.4 Å². The molecule has 0 saturated carbocycles. The fourth-order valence-electron chi connectivity index (χ4n) is 3.34. The Morgan fingerprint density at radius 1 is 1.15 bits per heavy atom. The van der Waals surface area contributed by atoms with E-state index in [0.717, 1.165) is 36.6 Å². The number of benzene rings is 1. The average molecular weight is 358 g/mol. The largest absolute Gasteiger partial charge is 0.496 e. The number of hydrogen-bond acceptors (Lipinski definition) is 5. The number of methoxy groups -OCH3 is 2. The lowest BCUT2D eigenvalue weighted by atomic mass is 10.1. The topological polar surface area (TPSA) is 78.3 Å². The van der Waals surface area contributed by atoms with Gasteiger partial charge in [0.1, 0.15) is 23.1 Å². The van der Waals surface area contributed by atoms with Crippen LogP contribution in [0.25, 0.3) is 0 Å². The monoisotopic (exact) mass is 358 g/mol. The number of amides is 1. The van der Waals surface area contributed by atoms with Crippen LogP contribution in [0.5, 0.6) is 11.5 Å². The summed E-state index contributed by atoms with van der Waals surface area (Å²) in [6.07, 6.45) is 5.22. The van der Waals surface area contributed by atoms with Gasteiger partial charge in [-0.05, 0) is 31.9 Å². The van der Waals surface area contributed by atoms with E-state index in [0.29, 0.717) is 30.0 Å². The van der Waals surface area contributed by atoms with E-state index in [4.69, 9.17) is 9.47 Å². The molecule has 1 aromatic carbocycles. The zero-order valence-electron chi connectivity index (χ0n) is 15.7. The number of carbonyl (C=O) groups excluding carboxylic acids is 1. The van der Waals surface area contributed by atoms with Crippen LogP contribution in [0, 0.1) is 6.92 Å². The lowest BCUT2D eigenvalue weighted by molar-refractivity contribution is 0.0953. The third-order valence-corrected chi connectivity index (χ3v) is 4.83. The zero-order valence-corrected chi connectivity index (χ0v) is 15.7. The first-order valence-electron chi connectivity index (χ1n) is 9.05. The van der Waals surface area contributed by atoms with E-state index < -0.39 is 0 Å². The fourth-order valence-corrected chi connectivity index (χ4v) is 3.34. The molecule has 2 heterocycles. The Balaban J connectivity index is 1.64. The first-order valence-corrected chi connectivity index (χ1v) is 9.05. The number of fused-ring (bicyclic) bond motifs is 1. The minimum Gasteiger partial charge on any atom is -0.496 e. The molecule has 0 bridgehead atoms. The maximum absolute atomic E-state index is 12.5. The molecule has 7 heteroatoms. The molecule has 0 unspecified atom stereocenters. The van der Waals surface area contributed by atoms with Crippen LogP contribution in [0.3, 0.4) is 0 Å². The van der Waals surface area contributed by atoms with Crippen molar-refractivity contribution in [3.05, 3.63) is 34.9 Å². The molecule has 7 nitrogen and oxygen atoms in total. The Morgan fingerprint density at radius 2 is 1.88 bits per heavy atom. The lowest BCUT2D eigenvalue weighted by Crippen LogP contribution is -2.26. The van der Waals surface area contributed by atoms with E-state index in [1.807, 2.05) is 6.92 Å². The number of aryl methyl sites for hydroxylation is 1. The van der Waals surface area contributed by atoms with Crippen molar-refractivity contribution in [2.45, 2.75) is 45.6 Å².